The van der Waals surface area contributed by atoms with Crippen molar-refractivity contribution in [3.05, 3.63) is 65.2 Å². The van der Waals surface area contributed by atoms with Crippen LogP contribution < -0.4 is 4.90 Å². The molecule has 18 heavy (non-hydrogen) atoms. The molecule has 2 aromatic rings. The minimum atomic E-state index is 0.960. The fourth-order valence-electron chi connectivity index (χ4n) is 2.50. The zero-order valence-corrected chi connectivity index (χ0v) is 10.3. The van der Waals surface area contributed by atoms with Gasteiger partial charge in [0.1, 0.15) is 0 Å². The largest absolute Gasteiger partial charge is 0.367 e. The summed E-state index contributed by atoms with van der Waals surface area (Å²) in [6, 6.07) is 16.9. The lowest BCUT2D eigenvalue weighted by Gasteiger charge is -2.19. The van der Waals surface area contributed by atoms with E-state index in [0.717, 1.165) is 25.1 Å². The molecular weight excluding hydrogens is 218 g/mol. The Hall–Kier alpha value is -2.20. The fourth-order valence-corrected chi connectivity index (χ4v) is 2.50. The van der Waals surface area contributed by atoms with Gasteiger partial charge >= 0.3 is 0 Å². The van der Waals surface area contributed by atoms with Crippen molar-refractivity contribution in [2.45, 2.75) is 13.0 Å². The van der Waals surface area contributed by atoms with Crippen molar-refractivity contribution in [3.8, 4) is 12.3 Å². The SMILES string of the molecule is C#Cc1ccc2c(c1)N(Cc1ccccc1)CC2. The van der Waals surface area contributed by atoms with E-state index in [1.807, 2.05) is 6.07 Å². The maximum absolute atomic E-state index is 5.47. The number of hydrogen-bond donors (Lipinski definition) is 0. The van der Waals surface area contributed by atoms with Gasteiger partial charge in [-0.2, -0.15) is 0 Å². The monoisotopic (exact) mass is 233 g/mol. The molecule has 1 heteroatoms. The summed E-state index contributed by atoms with van der Waals surface area (Å²) in [6.07, 6.45) is 6.59. The summed E-state index contributed by atoms with van der Waals surface area (Å²) >= 11 is 0. The number of fused-ring (bicyclic) bond motifs is 1. The zero-order valence-electron chi connectivity index (χ0n) is 10.3. The maximum atomic E-state index is 5.47. The van der Waals surface area contributed by atoms with Crippen LogP contribution in [0.3, 0.4) is 0 Å². The van der Waals surface area contributed by atoms with Crippen LogP contribution in [0.1, 0.15) is 16.7 Å². The van der Waals surface area contributed by atoms with E-state index in [2.05, 4.69) is 53.3 Å². The fraction of sp³-hybridized carbons (Fsp3) is 0.176. The van der Waals surface area contributed by atoms with Gasteiger partial charge < -0.3 is 4.90 Å². The van der Waals surface area contributed by atoms with E-state index in [1.165, 1.54) is 16.8 Å². The minimum absolute atomic E-state index is 0.960. The summed E-state index contributed by atoms with van der Waals surface area (Å²) in [7, 11) is 0. The van der Waals surface area contributed by atoms with Gasteiger partial charge in [-0.25, -0.2) is 0 Å². The van der Waals surface area contributed by atoms with Crippen molar-refractivity contribution < 1.29 is 0 Å². The van der Waals surface area contributed by atoms with Crippen LogP contribution >= 0.6 is 0 Å². The summed E-state index contributed by atoms with van der Waals surface area (Å²) in [6.45, 7) is 2.04. The number of terminal acetylenes is 1. The van der Waals surface area contributed by atoms with Crippen LogP contribution in [-0.4, -0.2) is 6.54 Å². The highest BCUT2D eigenvalue weighted by atomic mass is 15.1. The van der Waals surface area contributed by atoms with Gasteiger partial charge in [0.15, 0.2) is 0 Å². The molecule has 0 unspecified atom stereocenters. The van der Waals surface area contributed by atoms with Crippen molar-refractivity contribution in [3.63, 3.8) is 0 Å². The van der Waals surface area contributed by atoms with Gasteiger partial charge in [0, 0.05) is 24.3 Å². The van der Waals surface area contributed by atoms with Crippen LogP contribution in [-0.2, 0) is 13.0 Å². The number of nitrogens with zero attached hydrogens (tertiary/aromatic N) is 1. The van der Waals surface area contributed by atoms with Crippen LogP contribution in [0, 0.1) is 12.3 Å². The molecule has 1 aliphatic heterocycles. The summed E-state index contributed by atoms with van der Waals surface area (Å²) < 4.78 is 0. The summed E-state index contributed by atoms with van der Waals surface area (Å²) in [5.74, 6) is 2.71. The van der Waals surface area contributed by atoms with E-state index in [-0.39, 0.29) is 0 Å². The second-order valence-corrected chi connectivity index (χ2v) is 4.64. The van der Waals surface area contributed by atoms with E-state index in [4.69, 9.17) is 6.42 Å². The smallest absolute Gasteiger partial charge is 0.0429 e. The number of hydrogen-bond acceptors (Lipinski definition) is 1. The van der Waals surface area contributed by atoms with Gasteiger partial charge in [0.2, 0.25) is 0 Å². The van der Waals surface area contributed by atoms with Crippen molar-refractivity contribution in [2.75, 3.05) is 11.4 Å². The molecule has 0 bridgehead atoms. The molecule has 1 heterocycles. The third kappa shape index (κ3) is 1.98. The first-order valence-electron chi connectivity index (χ1n) is 6.25. The van der Waals surface area contributed by atoms with Gasteiger partial charge in [-0.15, -0.1) is 6.42 Å². The molecule has 0 saturated carbocycles. The molecule has 0 saturated heterocycles. The Kier molecular flexibility index (Phi) is 2.78. The van der Waals surface area contributed by atoms with Crippen molar-refractivity contribution in [1.82, 2.24) is 0 Å². The molecule has 0 fully saturated rings. The standard InChI is InChI=1S/C17H15N/c1-2-14-8-9-16-10-11-18(17(16)12-14)13-15-6-4-3-5-7-15/h1,3-9,12H,10-11,13H2. The van der Waals surface area contributed by atoms with Gasteiger partial charge in [0.05, 0.1) is 0 Å². The number of anilines is 1. The predicted octanol–water partition coefficient (Wildman–Crippen LogP) is 3.23. The van der Waals surface area contributed by atoms with E-state index in [0.29, 0.717) is 0 Å². The Morgan fingerprint density at radius 2 is 1.94 bits per heavy atom. The number of benzene rings is 2. The molecular formula is C17H15N. The molecule has 2 aromatic carbocycles. The maximum Gasteiger partial charge on any atom is 0.0429 e. The van der Waals surface area contributed by atoms with Gasteiger partial charge in [-0.3, -0.25) is 0 Å². The molecule has 0 N–H and O–H groups in total. The molecule has 0 amide bonds. The van der Waals surface area contributed by atoms with Crippen molar-refractivity contribution in [1.29, 1.82) is 0 Å². The Morgan fingerprint density at radius 3 is 2.72 bits per heavy atom. The predicted molar refractivity (Wildman–Crippen MR) is 75.6 cm³/mol. The normalized spacial score (nSPS) is 13.2. The first-order valence-corrected chi connectivity index (χ1v) is 6.25. The highest BCUT2D eigenvalue weighted by Crippen LogP contribution is 2.30. The second-order valence-electron chi connectivity index (χ2n) is 4.64. The quantitative estimate of drug-likeness (QED) is 0.720. The highest BCUT2D eigenvalue weighted by molar-refractivity contribution is 5.61. The topological polar surface area (TPSA) is 3.24 Å². The molecule has 0 spiro atoms. The summed E-state index contributed by atoms with van der Waals surface area (Å²) in [5, 5.41) is 0. The van der Waals surface area contributed by atoms with Crippen LogP contribution in [0.4, 0.5) is 5.69 Å². The van der Waals surface area contributed by atoms with Crippen molar-refractivity contribution in [2.24, 2.45) is 0 Å². The summed E-state index contributed by atoms with van der Waals surface area (Å²) in [4.78, 5) is 2.41. The van der Waals surface area contributed by atoms with Crippen LogP contribution in [0.15, 0.2) is 48.5 Å². The Labute approximate surface area is 108 Å². The van der Waals surface area contributed by atoms with E-state index in [9.17, 15) is 0 Å². The van der Waals surface area contributed by atoms with Gasteiger partial charge in [-0.05, 0) is 29.7 Å². The lowest BCUT2D eigenvalue weighted by atomic mass is 10.1. The Bertz CT molecular complexity index is 593. The first-order chi connectivity index (χ1) is 8.86. The summed E-state index contributed by atoms with van der Waals surface area (Å²) in [5.41, 5.74) is 5.02. The van der Waals surface area contributed by atoms with Gasteiger partial charge in [-0.1, -0.05) is 42.3 Å². The molecule has 0 radical (unpaired) electrons. The molecule has 3 rings (SSSR count). The molecule has 1 nitrogen and oxygen atoms in total. The molecule has 88 valence electrons. The lowest BCUT2D eigenvalue weighted by molar-refractivity contribution is 0.836. The molecule has 1 aliphatic rings. The second kappa shape index (κ2) is 4.58. The van der Waals surface area contributed by atoms with E-state index >= 15 is 0 Å². The zero-order chi connectivity index (χ0) is 12.4. The third-order valence-electron chi connectivity index (χ3n) is 3.46. The first kappa shape index (κ1) is 10.9. The van der Waals surface area contributed by atoms with Gasteiger partial charge in [0.25, 0.3) is 0 Å². The highest BCUT2D eigenvalue weighted by Gasteiger charge is 2.18. The Morgan fingerprint density at radius 1 is 1.11 bits per heavy atom. The minimum Gasteiger partial charge on any atom is -0.367 e. The third-order valence-corrected chi connectivity index (χ3v) is 3.46. The van der Waals surface area contributed by atoms with Crippen molar-refractivity contribution >= 4 is 5.69 Å². The Balaban J connectivity index is 1.88. The number of rotatable bonds is 2. The molecule has 0 atom stereocenters. The van der Waals surface area contributed by atoms with Crippen LogP contribution in [0.5, 0.6) is 0 Å². The molecule has 0 aromatic heterocycles. The average Bonchev–Trinajstić information content (AvgIpc) is 2.82. The lowest BCUT2D eigenvalue weighted by Crippen LogP contribution is -2.19. The van der Waals surface area contributed by atoms with E-state index < -0.39 is 0 Å². The van der Waals surface area contributed by atoms with Crippen LogP contribution in [0.25, 0.3) is 0 Å². The average molecular weight is 233 g/mol. The molecule has 0 aliphatic carbocycles. The van der Waals surface area contributed by atoms with E-state index in [1.54, 1.807) is 0 Å². The van der Waals surface area contributed by atoms with Crippen LogP contribution in [0.2, 0.25) is 0 Å².